The molecule has 4 rings (SSSR count). The van der Waals surface area contributed by atoms with Gasteiger partial charge in [-0.2, -0.15) is 0 Å². The topological polar surface area (TPSA) is 38.8 Å². The third-order valence-electron chi connectivity index (χ3n) is 6.15. The predicted molar refractivity (Wildman–Crippen MR) is 93.7 cm³/mol. The van der Waals surface area contributed by atoms with E-state index in [2.05, 4.69) is 24.0 Å². The molecule has 0 bridgehead atoms. The van der Waals surface area contributed by atoms with Crippen LogP contribution in [0, 0.1) is 5.41 Å². The average Bonchev–Trinajstić information content (AvgIpc) is 3.32. The molecule has 3 fully saturated rings. The van der Waals surface area contributed by atoms with Crippen LogP contribution < -0.4 is 4.90 Å². The van der Waals surface area contributed by atoms with E-state index in [1.807, 2.05) is 13.0 Å². The highest BCUT2D eigenvalue weighted by Crippen LogP contribution is 2.54. The van der Waals surface area contributed by atoms with Gasteiger partial charge >= 0.3 is 5.97 Å². The number of hydrogen-bond donors (Lipinski definition) is 0. The van der Waals surface area contributed by atoms with Crippen molar-refractivity contribution in [2.45, 2.75) is 44.9 Å². The Morgan fingerprint density at radius 1 is 1.21 bits per heavy atom. The molecule has 0 radical (unpaired) electrons. The number of hydrogen-bond acceptors (Lipinski definition) is 4. The molecule has 4 heteroatoms. The molecule has 0 aromatic heterocycles. The van der Waals surface area contributed by atoms with Crippen LogP contribution in [0.1, 0.15) is 55.5 Å². The summed E-state index contributed by atoms with van der Waals surface area (Å²) in [7, 11) is 0. The Morgan fingerprint density at radius 3 is 2.46 bits per heavy atom. The van der Waals surface area contributed by atoms with Crippen LogP contribution >= 0.6 is 0 Å². The van der Waals surface area contributed by atoms with Gasteiger partial charge in [-0.05, 0) is 55.7 Å². The minimum Gasteiger partial charge on any atom is -0.462 e. The summed E-state index contributed by atoms with van der Waals surface area (Å²) in [6.45, 7) is 8.11. The molecule has 1 aliphatic carbocycles. The largest absolute Gasteiger partial charge is 0.462 e. The molecule has 130 valence electrons. The summed E-state index contributed by atoms with van der Waals surface area (Å²) < 4.78 is 10.7. The van der Waals surface area contributed by atoms with E-state index in [4.69, 9.17) is 9.47 Å². The Morgan fingerprint density at radius 2 is 1.92 bits per heavy atom. The molecule has 1 spiro atoms. The quantitative estimate of drug-likeness (QED) is 0.792. The van der Waals surface area contributed by atoms with Crippen molar-refractivity contribution in [1.82, 2.24) is 0 Å². The third kappa shape index (κ3) is 2.71. The number of esters is 1. The van der Waals surface area contributed by atoms with Crippen molar-refractivity contribution in [3.8, 4) is 0 Å². The van der Waals surface area contributed by atoms with E-state index >= 15 is 0 Å². The highest BCUT2D eigenvalue weighted by atomic mass is 16.5. The molecule has 3 aliphatic rings. The maximum atomic E-state index is 12.4. The molecule has 0 N–H and O–H groups in total. The molecular weight excluding hydrogens is 302 g/mol. The summed E-state index contributed by atoms with van der Waals surface area (Å²) in [5.41, 5.74) is 3.73. The predicted octanol–water partition coefficient (Wildman–Crippen LogP) is 3.53. The molecule has 1 saturated carbocycles. The Bertz CT molecular complexity index is 636. The first-order valence-corrected chi connectivity index (χ1v) is 9.20. The van der Waals surface area contributed by atoms with E-state index < -0.39 is 0 Å². The number of piperidine rings is 1. The molecule has 4 nitrogen and oxygen atoms in total. The second kappa shape index (κ2) is 5.76. The Labute approximate surface area is 144 Å². The van der Waals surface area contributed by atoms with E-state index in [0.717, 1.165) is 32.0 Å². The molecule has 2 heterocycles. The lowest BCUT2D eigenvalue weighted by atomic mass is 9.80. The number of carbonyl (C=O) groups is 1. The maximum absolute atomic E-state index is 12.4. The zero-order valence-electron chi connectivity index (χ0n) is 14.8. The summed E-state index contributed by atoms with van der Waals surface area (Å²) in [5.74, 6) is -0.208. The molecule has 24 heavy (non-hydrogen) atoms. The first kappa shape index (κ1) is 15.9. The zero-order chi connectivity index (χ0) is 16.8. The number of anilines is 1. The van der Waals surface area contributed by atoms with Crippen molar-refractivity contribution in [2.75, 3.05) is 37.8 Å². The van der Waals surface area contributed by atoms with Crippen LogP contribution in [-0.4, -0.2) is 38.9 Å². The lowest BCUT2D eigenvalue weighted by Gasteiger charge is -2.40. The van der Waals surface area contributed by atoms with Gasteiger partial charge in [0.25, 0.3) is 0 Å². The molecular formula is C20H27NO3. The van der Waals surface area contributed by atoms with Gasteiger partial charge in [-0.1, -0.05) is 13.0 Å². The average molecular weight is 329 g/mol. The summed E-state index contributed by atoms with van der Waals surface area (Å²) in [6, 6.07) is 6.23. The highest BCUT2D eigenvalue weighted by Gasteiger charge is 2.45. The lowest BCUT2D eigenvalue weighted by molar-refractivity contribution is -0.0499. The zero-order valence-corrected chi connectivity index (χ0v) is 14.8. The maximum Gasteiger partial charge on any atom is 0.340 e. The Balaban J connectivity index is 1.64. The minimum atomic E-state index is -0.208. The number of carbonyl (C=O) groups excluding carboxylic acids is 1. The van der Waals surface area contributed by atoms with Crippen molar-refractivity contribution >= 4 is 11.7 Å². The monoisotopic (exact) mass is 329 g/mol. The first-order chi connectivity index (χ1) is 11.6. The van der Waals surface area contributed by atoms with Gasteiger partial charge in [0, 0.05) is 18.5 Å². The van der Waals surface area contributed by atoms with Crippen molar-refractivity contribution in [3.05, 3.63) is 29.3 Å². The highest BCUT2D eigenvalue weighted by molar-refractivity contribution is 5.96. The second-order valence-corrected chi connectivity index (χ2v) is 7.99. The van der Waals surface area contributed by atoms with Crippen LogP contribution in [0.4, 0.5) is 5.69 Å². The summed E-state index contributed by atoms with van der Waals surface area (Å²) in [6.07, 6.45) is 5.28. The van der Waals surface area contributed by atoms with Crippen LogP contribution in [-0.2, 0) is 14.9 Å². The lowest BCUT2D eigenvalue weighted by Crippen LogP contribution is -2.44. The van der Waals surface area contributed by atoms with Crippen LogP contribution in [0.3, 0.4) is 0 Å². The van der Waals surface area contributed by atoms with Gasteiger partial charge in [0.15, 0.2) is 0 Å². The van der Waals surface area contributed by atoms with Gasteiger partial charge in [0.2, 0.25) is 0 Å². The SMILES string of the molecule is CCOC(=O)c1ccc(C2(C)COC2)cc1N1CCC2(CC1)CC2. The van der Waals surface area contributed by atoms with Gasteiger partial charge in [0.05, 0.1) is 31.1 Å². The molecule has 1 aromatic rings. The van der Waals surface area contributed by atoms with E-state index in [-0.39, 0.29) is 11.4 Å². The van der Waals surface area contributed by atoms with Gasteiger partial charge in [-0.15, -0.1) is 0 Å². The van der Waals surface area contributed by atoms with Crippen LogP contribution in [0.5, 0.6) is 0 Å². The first-order valence-electron chi connectivity index (χ1n) is 9.20. The van der Waals surface area contributed by atoms with E-state index in [1.54, 1.807) is 0 Å². The number of ether oxygens (including phenoxy) is 2. The fourth-order valence-electron chi connectivity index (χ4n) is 4.02. The number of nitrogens with zero attached hydrogens (tertiary/aromatic N) is 1. The van der Waals surface area contributed by atoms with Crippen LogP contribution in [0.2, 0.25) is 0 Å². The number of benzene rings is 1. The smallest absolute Gasteiger partial charge is 0.340 e. The third-order valence-corrected chi connectivity index (χ3v) is 6.15. The van der Waals surface area contributed by atoms with Crippen molar-refractivity contribution < 1.29 is 14.3 Å². The Hall–Kier alpha value is -1.55. The van der Waals surface area contributed by atoms with Crippen molar-refractivity contribution in [1.29, 1.82) is 0 Å². The van der Waals surface area contributed by atoms with Crippen molar-refractivity contribution in [2.24, 2.45) is 5.41 Å². The molecule has 2 saturated heterocycles. The van der Waals surface area contributed by atoms with Crippen LogP contribution in [0.15, 0.2) is 18.2 Å². The molecule has 0 atom stereocenters. The van der Waals surface area contributed by atoms with Gasteiger partial charge in [-0.3, -0.25) is 0 Å². The van der Waals surface area contributed by atoms with Gasteiger partial charge < -0.3 is 14.4 Å². The Kier molecular flexibility index (Phi) is 3.83. The molecule has 0 unspecified atom stereocenters. The van der Waals surface area contributed by atoms with Gasteiger partial charge in [-0.25, -0.2) is 4.79 Å². The second-order valence-electron chi connectivity index (χ2n) is 7.99. The van der Waals surface area contributed by atoms with E-state index in [0.29, 0.717) is 17.6 Å². The fourth-order valence-corrected chi connectivity index (χ4v) is 4.02. The van der Waals surface area contributed by atoms with Gasteiger partial charge in [0.1, 0.15) is 0 Å². The molecule has 0 amide bonds. The fraction of sp³-hybridized carbons (Fsp3) is 0.650. The summed E-state index contributed by atoms with van der Waals surface area (Å²) in [4.78, 5) is 14.8. The summed E-state index contributed by atoms with van der Waals surface area (Å²) in [5, 5.41) is 0. The molecule has 1 aromatic carbocycles. The summed E-state index contributed by atoms with van der Waals surface area (Å²) >= 11 is 0. The van der Waals surface area contributed by atoms with E-state index in [9.17, 15) is 4.79 Å². The number of rotatable bonds is 4. The minimum absolute atomic E-state index is 0.0788. The van der Waals surface area contributed by atoms with Crippen LogP contribution in [0.25, 0.3) is 0 Å². The van der Waals surface area contributed by atoms with Crippen molar-refractivity contribution in [3.63, 3.8) is 0 Å². The molecule has 2 aliphatic heterocycles. The standard InChI is InChI=1S/C20H27NO3/c1-3-24-18(22)16-5-4-15(19(2)13-23-14-19)12-17(16)21-10-8-20(6-7-20)9-11-21/h4-5,12H,3,6-11,13-14H2,1-2H3. The van der Waals surface area contributed by atoms with E-state index in [1.165, 1.54) is 31.2 Å². The normalized spacial score (nSPS) is 23.7.